The molecular weight excluding hydrogens is 242 g/mol. The molecule has 2 rings (SSSR count). The summed E-state index contributed by atoms with van der Waals surface area (Å²) in [4.78, 5) is 19.2. The smallest absolute Gasteiger partial charge is 0.359 e. The highest BCUT2D eigenvalue weighted by Crippen LogP contribution is 2.24. The Hall–Kier alpha value is -1.96. The quantitative estimate of drug-likeness (QED) is 0.662. The van der Waals surface area contributed by atoms with Gasteiger partial charge in [0.15, 0.2) is 0 Å². The second-order valence-electron chi connectivity index (χ2n) is 3.47. The second-order valence-corrected chi connectivity index (χ2v) is 4.44. The summed E-state index contributed by atoms with van der Waals surface area (Å²) >= 11 is 1.50. The van der Waals surface area contributed by atoms with Gasteiger partial charge in [0.2, 0.25) is 11.6 Å². The monoisotopic (exact) mass is 253 g/mol. The number of aromatic nitrogens is 3. The maximum absolute atomic E-state index is 10.8. The number of anilines is 1. The Bertz CT molecular complexity index is 534. The first-order valence-electron chi connectivity index (χ1n) is 4.88. The third-order valence-corrected chi connectivity index (χ3v) is 3.17. The van der Waals surface area contributed by atoms with Crippen LogP contribution in [0.1, 0.15) is 10.7 Å². The molecule has 0 amide bonds. The minimum absolute atomic E-state index is 0.144. The number of thiazole rings is 1. The first-order chi connectivity index (χ1) is 8.09. The first-order valence-corrected chi connectivity index (χ1v) is 5.76. The van der Waals surface area contributed by atoms with Crippen molar-refractivity contribution in [1.29, 1.82) is 0 Å². The Balaban J connectivity index is 2.22. The molecule has 0 radical (unpaired) electrons. The third kappa shape index (κ3) is 2.26. The van der Waals surface area contributed by atoms with Crippen LogP contribution in [0.2, 0.25) is 0 Å². The molecule has 7 nitrogen and oxygen atoms in total. The SMILES string of the molecule is Cc1nc([N+](=O)[O-])c(NCc2cncs2)n1C. The van der Waals surface area contributed by atoms with Crippen molar-refractivity contribution in [3.63, 3.8) is 0 Å². The van der Waals surface area contributed by atoms with E-state index < -0.39 is 4.92 Å². The molecule has 0 saturated heterocycles. The van der Waals surface area contributed by atoms with Gasteiger partial charge in [-0.3, -0.25) is 9.55 Å². The maximum atomic E-state index is 10.8. The van der Waals surface area contributed by atoms with E-state index in [0.717, 1.165) is 4.88 Å². The topological polar surface area (TPSA) is 85.9 Å². The van der Waals surface area contributed by atoms with Crippen LogP contribution in [0, 0.1) is 17.0 Å². The lowest BCUT2D eigenvalue weighted by Gasteiger charge is -2.04. The predicted octanol–water partition coefficient (Wildman–Crippen LogP) is 1.71. The summed E-state index contributed by atoms with van der Waals surface area (Å²) in [5.41, 5.74) is 1.72. The fourth-order valence-electron chi connectivity index (χ4n) is 1.42. The third-order valence-electron chi connectivity index (χ3n) is 2.39. The summed E-state index contributed by atoms with van der Waals surface area (Å²) < 4.78 is 1.67. The summed E-state index contributed by atoms with van der Waals surface area (Å²) in [6.45, 7) is 2.23. The van der Waals surface area contributed by atoms with E-state index in [1.807, 2.05) is 0 Å². The normalized spacial score (nSPS) is 10.5. The Morgan fingerprint density at radius 2 is 2.41 bits per heavy atom. The molecule has 0 spiro atoms. The van der Waals surface area contributed by atoms with Crippen molar-refractivity contribution in [3.8, 4) is 0 Å². The summed E-state index contributed by atoms with van der Waals surface area (Å²) in [6.07, 6.45) is 1.73. The molecule has 2 aromatic heterocycles. The number of aryl methyl sites for hydroxylation is 1. The fourth-order valence-corrected chi connectivity index (χ4v) is 1.95. The van der Waals surface area contributed by atoms with Gasteiger partial charge in [0, 0.05) is 25.0 Å². The average Bonchev–Trinajstić information content (AvgIpc) is 2.87. The Kier molecular flexibility index (Phi) is 3.05. The molecule has 2 aromatic rings. The lowest BCUT2D eigenvalue weighted by molar-refractivity contribution is -0.388. The van der Waals surface area contributed by atoms with Crippen LogP contribution in [-0.2, 0) is 13.6 Å². The van der Waals surface area contributed by atoms with Crippen molar-refractivity contribution in [1.82, 2.24) is 14.5 Å². The van der Waals surface area contributed by atoms with Crippen LogP contribution in [0.15, 0.2) is 11.7 Å². The molecule has 0 unspecified atom stereocenters. The molecular formula is C9H11N5O2S. The largest absolute Gasteiger partial charge is 0.406 e. The van der Waals surface area contributed by atoms with Crippen molar-refractivity contribution >= 4 is 23.0 Å². The van der Waals surface area contributed by atoms with Gasteiger partial charge < -0.3 is 15.4 Å². The Labute approximate surface area is 101 Å². The number of nitrogens with one attached hydrogen (secondary N) is 1. The highest BCUT2D eigenvalue weighted by Gasteiger charge is 2.23. The van der Waals surface area contributed by atoms with Gasteiger partial charge in [-0.05, 0) is 9.91 Å². The number of rotatable bonds is 4. The Morgan fingerprint density at radius 3 is 3.00 bits per heavy atom. The van der Waals surface area contributed by atoms with E-state index in [1.165, 1.54) is 11.3 Å². The Morgan fingerprint density at radius 1 is 1.65 bits per heavy atom. The zero-order valence-corrected chi connectivity index (χ0v) is 10.2. The summed E-state index contributed by atoms with van der Waals surface area (Å²) in [5.74, 6) is 0.874. The van der Waals surface area contributed by atoms with Gasteiger partial charge in [0.05, 0.1) is 12.1 Å². The predicted molar refractivity (Wildman–Crippen MR) is 64.0 cm³/mol. The van der Waals surface area contributed by atoms with E-state index in [4.69, 9.17) is 0 Å². The molecule has 17 heavy (non-hydrogen) atoms. The molecule has 0 aliphatic carbocycles. The van der Waals surface area contributed by atoms with Crippen LogP contribution < -0.4 is 5.32 Å². The van der Waals surface area contributed by atoms with Crippen LogP contribution in [-0.4, -0.2) is 19.5 Å². The van der Waals surface area contributed by atoms with Crippen LogP contribution in [0.4, 0.5) is 11.6 Å². The molecule has 0 atom stereocenters. The van der Waals surface area contributed by atoms with Crippen LogP contribution in [0.3, 0.4) is 0 Å². The van der Waals surface area contributed by atoms with Crippen LogP contribution in [0.25, 0.3) is 0 Å². The van der Waals surface area contributed by atoms with Gasteiger partial charge >= 0.3 is 5.82 Å². The van der Waals surface area contributed by atoms with Gasteiger partial charge in [-0.15, -0.1) is 11.3 Å². The fraction of sp³-hybridized carbons (Fsp3) is 0.333. The van der Waals surface area contributed by atoms with Gasteiger partial charge in [0.25, 0.3) is 0 Å². The maximum Gasteiger partial charge on any atom is 0.406 e. The minimum atomic E-state index is -0.484. The molecule has 0 aliphatic rings. The highest BCUT2D eigenvalue weighted by molar-refractivity contribution is 7.09. The zero-order chi connectivity index (χ0) is 12.4. The van der Waals surface area contributed by atoms with Crippen molar-refractivity contribution in [3.05, 3.63) is 32.5 Å². The van der Waals surface area contributed by atoms with E-state index in [1.54, 1.807) is 30.2 Å². The van der Waals surface area contributed by atoms with Crippen molar-refractivity contribution in [2.45, 2.75) is 13.5 Å². The van der Waals surface area contributed by atoms with E-state index >= 15 is 0 Å². The van der Waals surface area contributed by atoms with Crippen molar-refractivity contribution in [2.75, 3.05) is 5.32 Å². The zero-order valence-electron chi connectivity index (χ0n) is 9.38. The first kappa shape index (κ1) is 11.5. The average molecular weight is 253 g/mol. The summed E-state index contributed by atoms with van der Waals surface area (Å²) in [5, 5.41) is 13.8. The van der Waals surface area contributed by atoms with Crippen LogP contribution in [0.5, 0.6) is 0 Å². The van der Waals surface area contributed by atoms with Gasteiger partial charge in [-0.2, -0.15) is 0 Å². The molecule has 0 saturated carbocycles. The molecule has 0 aromatic carbocycles. The highest BCUT2D eigenvalue weighted by atomic mass is 32.1. The standard InChI is InChI=1S/C9H11N5O2S/c1-6-12-9(14(15)16)8(13(6)2)11-4-7-3-10-5-17-7/h3,5,11H,4H2,1-2H3. The van der Waals surface area contributed by atoms with Crippen molar-refractivity contribution in [2.24, 2.45) is 7.05 Å². The molecule has 8 heteroatoms. The molecule has 2 heterocycles. The van der Waals surface area contributed by atoms with Crippen molar-refractivity contribution < 1.29 is 4.92 Å². The van der Waals surface area contributed by atoms with E-state index in [9.17, 15) is 10.1 Å². The van der Waals surface area contributed by atoms with E-state index in [-0.39, 0.29) is 5.82 Å². The minimum Gasteiger partial charge on any atom is -0.359 e. The van der Waals surface area contributed by atoms with Gasteiger partial charge in [0.1, 0.15) is 0 Å². The van der Waals surface area contributed by atoms with Gasteiger partial charge in [-0.1, -0.05) is 0 Å². The molecule has 0 fully saturated rings. The number of nitro groups is 1. The molecule has 1 N–H and O–H groups in total. The van der Waals surface area contributed by atoms with Crippen LogP contribution >= 0.6 is 11.3 Å². The number of hydrogen-bond acceptors (Lipinski definition) is 6. The van der Waals surface area contributed by atoms with Gasteiger partial charge in [-0.25, -0.2) is 0 Å². The number of hydrogen-bond donors (Lipinski definition) is 1. The summed E-state index contributed by atoms with van der Waals surface area (Å²) in [7, 11) is 1.74. The lowest BCUT2D eigenvalue weighted by atomic mass is 10.5. The number of nitrogens with zero attached hydrogens (tertiary/aromatic N) is 4. The summed E-state index contributed by atoms with van der Waals surface area (Å²) in [6, 6.07) is 0. The second kappa shape index (κ2) is 4.50. The van der Waals surface area contributed by atoms with E-state index in [2.05, 4.69) is 15.3 Å². The number of imidazole rings is 1. The lowest BCUT2D eigenvalue weighted by Crippen LogP contribution is -2.05. The molecule has 90 valence electrons. The molecule has 0 aliphatic heterocycles. The van der Waals surface area contributed by atoms with E-state index in [0.29, 0.717) is 18.2 Å². The molecule has 0 bridgehead atoms.